The Balaban J connectivity index is 1.73. The molecule has 1 saturated heterocycles. The summed E-state index contributed by atoms with van der Waals surface area (Å²) in [6.07, 6.45) is -4.43. The number of halogens is 4. The number of hydrazine groups is 1. The molecular weight excluding hydrogens is 470 g/mol. The van der Waals surface area contributed by atoms with Crippen molar-refractivity contribution in [1.29, 1.82) is 0 Å². The highest BCUT2D eigenvalue weighted by molar-refractivity contribution is 6.02. The molecule has 1 aliphatic rings. The molecule has 35 heavy (non-hydrogen) atoms. The molecule has 2 aromatic carbocycles. The summed E-state index contributed by atoms with van der Waals surface area (Å²) in [5.74, 6) is -0.956. The minimum absolute atomic E-state index is 0.00239. The summed E-state index contributed by atoms with van der Waals surface area (Å²) in [4.78, 5) is 16.7. The van der Waals surface area contributed by atoms with Crippen molar-refractivity contribution >= 4 is 11.9 Å². The van der Waals surface area contributed by atoms with E-state index in [1.54, 1.807) is 6.07 Å². The Morgan fingerprint density at radius 3 is 2.49 bits per heavy atom. The van der Waals surface area contributed by atoms with Crippen LogP contribution in [-0.2, 0) is 10.9 Å². The summed E-state index contributed by atoms with van der Waals surface area (Å²) >= 11 is 0. The smallest absolute Gasteiger partial charge is 0.416 e. The van der Waals surface area contributed by atoms with Crippen molar-refractivity contribution in [3.63, 3.8) is 0 Å². The molecule has 0 radical (unpaired) electrons. The average molecular weight is 497 g/mol. The molecule has 3 atom stereocenters. The Bertz CT molecular complexity index is 1050. The predicted molar refractivity (Wildman–Crippen MR) is 121 cm³/mol. The summed E-state index contributed by atoms with van der Waals surface area (Å²) in [7, 11) is 2.91. The molecule has 1 fully saturated rings. The molecular formula is C23H27F4N5O3. The van der Waals surface area contributed by atoms with E-state index in [4.69, 9.17) is 9.47 Å². The topological polar surface area (TPSA) is 96.0 Å². The van der Waals surface area contributed by atoms with Crippen molar-refractivity contribution in [1.82, 2.24) is 21.5 Å². The lowest BCUT2D eigenvalue weighted by atomic mass is 10.0. The highest BCUT2D eigenvalue weighted by atomic mass is 19.4. The maximum Gasteiger partial charge on any atom is 0.416 e. The number of alkyl halides is 3. The van der Waals surface area contributed by atoms with Crippen molar-refractivity contribution in [2.24, 2.45) is 4.99 Å². The van der Waals surface area contributed by atoms with Gasteiger partial charge in [0.2, 0.25) is 5.96 Å². The van der Waals surface area contributed by atoms with Gasteiger partial charge in [-0.25, -0.2) is 15.2 Å². The van der Waals surface area contributed by atoms with Crippen molar-refractivity contribution < 1.29 is 31.8 Å². The van der Waals surface area contributed by atoms with E-state index in [1.165, 1.54) is 26.4 Å². The van der Waals surface area contributed by atoms with Gasteiger partial charge in [0.1, 0.15) is 0 Å². The standard InChI is InChI=1S/C23H27F4N5O3/c1-13(12-34-2)28-22(30-21(33)14-4-7-16(8-5-14)23(25,26)27)29-20-11-18(31-32-20)15-6-9-19(35-3)17(24)10-15/h4-10,13,18,20,31-32H,11-12H2,1-3H3,(H2,28,29,30,33)/t13-,18?,20?/m0/s1. The Labute approximate surface area is 200 Å². The van der Waals surface area contributed by atoms with E-state index in [1.807, 2.05) is 6.92 Å². The molecule has 3 rings (SSSR count). The molecule has 4 N–H and O–H groups in total. The first-order chi connectivity index (χ1) is 16.6. The van der Waals surface area contributed by atoms with E-state index in [-0.39, 0.29) is 29.4 Å². The number of nitrogens with zero attached hydrogens (tertiary/aromatic N) is 1. The number of carbonyl (C=O) groups excluding carboxylic acids is 1. The number of aliphatic imine (C=N–C) groups is 1. The molecule has 1 heterocycles. The number of guanidine groups is 1. The summed E-state index contributed by atoms with van der Waals surface area (Å²) in [6, 6.07) is 8.01. The van der Waals surface area contributed by atoms with Gasteiger partial charge in [0.25, 0.3) is 5.91 Å². The summed E-state index contributed by atoms with van der Waals surface area (Å²) < 4.78 is 62.6. The molecule has 2 unspecified atom stereocenters. The van der Waals surface area contributed by atoms with Crippen LogP contribution in [0.15, 0.2) is 47.5 Å². The fraction of sp³-hybridized carbons (Fsp3) is 0.391. The Morgan fingerprint density at radius 2 is 1.89 bits per heavy atom. The SMILES string of the molecule is COC[C@H](C)N/C(=N/C(=O)c1ccc(C(F)(F)F)cc1)NC1CC(c2ccc(OC)c(F)c2)NN1. The van der Waals surface area contributed by atoms with Crippen LogP contribution in [0, 0.1) is 5.82 Å². The summed E-state index contributed by atoms with van der Waals surface area (Å²) in [5, 5.41) is 6.10. The summed E-state index contributed by atoms with van der Waals surface area (Å²) in [6.45, 7) is 2.13. The third-order valence-corrected chi connectivity index (χ3v) is 5.26. The van der Waals surface area contributed by atoms with Gasteiger partial charge in [0, 0.05) is 31.2 Å². The van der Waals surface area contributed by atoms with Crippen LogP contribution in [-0.4, -0.2) is 44.9 Å². The van der Waals surface area contributed by atoms with E-state index >= 15 is 0 Å². The van der Waals surface area contributed by atoms with E-state index < -0.39 is 29.6 Å². The highest BCUT2D eigenvalue weighted by Crippen LogP contribution is 2.29. The minimum Gasteiger partial charge on any atom is -0.494 e. The van der Waals surface area contributed by atoms with Gasteiger partial charge in [-0.15, -0.1) is 0 Å². The number of amides is 1. The fourth-order valence-electron chi connectivity index (χ4n) is 3.53. The molecule has 1 amide bonds. The third-order valence-electron chi connectivity index (χ3n) is 5.26. The van der Waals surface area contributed by atoms with Crippen LogP contribution < -0.4 is 26.2 Å². The van der Waals surface area contributed by atoms with Crippen LogP contribution in [0.25, 0.3) is 0 Å². The second-order valence-corrected chi connectivity index (χ2v) is 8.01. The van der Waals surface area contributed by atoms with Gasteiger partial charge in [-0.1, -0.05) is 6.07 Å². The molecule has 0 aliphatic carbocycles. The van der Waals surface area contributed by atoms with Crippen molar-refractivity contribution in [3.05, 3.63) is 65.0 Å². The number of hydrogen-bond acceptors (Lipinski definition) is 5. The number of hydrogen-bond donors (Lipinski definition) is 4. The number of nitrogens with one attached hydrogen (secondary N) is 4. The molecule has 0 saturated carbocycles. The van der Waals surface area contributed by atoms with Crippen LogP contribution in [0.5, 0.6) is 5.75 Å². The summed E-state index contributed by atoms with van der Waals surface area (Å²) in [5.41, 5.74) is 5.92. The lowest BCUT2D eigenvalue weighted by Gasteiger charge is -2.20. The lowest BCUT2D eigenvalue weighted by molar-refractivity contribution is -0.137. The van der Waals surface area contributed by atoms with Gasteiger partial charge in [0.15, 0.2) is 11.6 Å². The van der Waals surface area contributed by atoms with Crippen LogP contribution in [0.3, 0.4) is 0 Å². The van der Waals surface area contributed by atoms with Gasteiger partial charge in [0.05, 0.1) is 25.4 Å². The third kappa shape index (κ3) is 7.13. The van der Waals surface area contributed by atoms with Crippen LogP contribution in [0.2, 0.25) is 0 Å². The number of ether oxygens (including phenoxy) is 2. The lowest BCUT2D eigenvalue weighted by Crippen LogP contribution is -2.52. The maximum absolute atomic E-state index is 14.1. The quantitative estimate of drug-likeness (QED) is 0.265. The zero-order chi connectivity index (χ0) is 25.6. The normalized spacial score (nSPS) is 19.3. The minimum atomic E-state index is -4.50. The Kier molecular flexibility index (Phi) is 8.65. The van der Waals surface area contributed by atoms with Gasteiger partial charge in [-0.05, 0) is 48.9 Å². The first kappa shape index (κ1) is 26.4. The van der Waals surface area contributed by atoms with Gasteiger partial charge >= 0.3 is 6.18 Å². The first-order valence-electron chi connectivity index (χ1n) is 10.8. The van der Waals surface area contributed by atoms with Gasteiger partial charge < -0.3 is 20.1 Å². The first-order valence-corrected chi connectivity index (χ1v) is 10.8. The number of carbonyl (C=O) groups is 1. The van der Waals surface area contributed by atoms with E-state index in [9.17, 15) is 22.4 Å². The zero-order valence-corrected chi connectivity index (χ0v) is 19.4. The maximum atomic E-state index is 14.1. The molecule has 0 bridgehead atoms. The molecule has 2 aromatic rings. The Hall–Kier alpha value is -3.22. The van der Waals surface area contributed by atoms with Crippen LogP contribution in [0.4, 0.5) is 17.6 Å². The van der Waals surface area contributed by atoms with E-state index in [2.05, 4.69) is 26.5 Å². The average Bonchev–Trinajstić information content (AvgIpc) is 3.27. The van der Waals surface area contributed by atoms with Crippen molar-refractivity contribution in [2.45, 2.75) is 37.8 Å². The van der Waals surface area contributed by atoms with E-state index in [0.717, 1.165) is 24.3 Å². The molecule has 0 aromatic heterocycles. The molecule has 190 valence electrons. The highest BCUT2D eigenvalue weighted by Gasteiger charge is 2.30. The molecule has 1 aliphatic heterocycles. The molecule has 12 heteroatoms. The second kappa shape index (κ2) is 11.5. The largest absolute Gasteiger partial charge is 0.494 e. The van der Waals surface area contributed by atoms with Crippen molar-refractivity contribution in [3.8, 4) is 5.75 Å². The fourth-order valence-corrected chi connectivity index (χ4v) is 3.53. The van der Waals surface area contributed by atoms with Crippen LogP contribution in [0.1, 0.15) is 40.9 Å². The van der Waals surface area contributed by atoms with Gasteiger partial charge in [-0.3, -0.25) is 4.79 Å². The molecule has 0 spiro atoms. The molecule has 8 nitrogen and oxygen atoms in total. The van der Waals surface area contributed by atoms with Crippen molar-refractivity contribution in [2.75, 3.05) is 20.8 Å². The zero-order valence-electron chi connectivity index (χ0n) is 19.4. The number of benzene rings is 2. The predicted octanol–water partition coefficient (Wildman–Crippen LogP) is 3.13. The van der Waals surface area contributed by atoms with Crippen LogP contribution >= 0.6 is 0 Å². The monoisotopic (exact) mass is 497 g/mol. The van der Waals surface area contributed by atoms with Gasteiger partial charge in [-0.2, -0.15) is 18.2 Å². The number of methoxy groups -OCH3 is 2. The second-order valence-electron chi connectivity index (χ2n) is 8.01. The number of rotatable bonds is 7. The Morgan fingerprint density at radius 1 is 1.17 bits per heavy atom. The van der Waals surface area contributed by atoms with E-state index in [0.29, 0.717) is 18.6 Å².